The smallest absolute Gasteiger partial charge is 0.244 e. The molecule has 0 unspecified atom stereocenters. The SMILES string of the molecule is Cl.Cl.NC1(C(=O)Nc2cccc(OCc3cscn3)c2)CCOCC1. The predicted molar refractivity (Wildman–Crippen MR) is 103 cm³/mol. The number of anilines is 1. The highest BCUT2D eigenvalue weighted by atomic mass is 35.5. The van der Waals surface area contributed by atoms with E-state index in [1.807, 2.05) is 23.6 Å². The first-order chi connectivity index (χ1) is 11.2. The van der Waals surface area contributed by atoms with E-state index in [-0.39, 0.29) is 30.7 Å². The van der Waals surface area contributed by atoms with Crippen LogP contribution in [0, 0.1) is 0 Å². The van der Waals surface area contributed by atoms with Crippen LogP contribution in [0.3, 0.4) is 0 Å². The first kappa shape index (κ1) is 21.7. The fourth-order valence-electron chi connectivity index (χ4n) is 2.35. The molecule has 0 bridgehead atoms. The van der Waals surface area contributed by atoms with Crippen molar-refractivity contribution in [2.45, 2.75) is 25.0 Å². The van der Waals surface area contributed by atoms with E-state index in [4.69, 9.17) is 15.2 Å². The molecule has 0 radical (unpaired) electrons. The Hall–Kier alpha value is -1.38. The van der Waals surface area contributed by atoms with Gasteiger partial charge in [-0.15, -0.1) is 36.2 Å². The normalized spacial score (nSPS) is 15.4. The van der Waals surface area contributed by atoms with Gasteiger partial charge in [0.25, 0.3) is 0 Å². The Kier molecular flexibility index (Phi) is 8.61. The van der Waals surface area contributed by atoms with Gasteiger partial charge < -0.3 is 20.5 Å². The Bertz CT molecular complexity index is 664. The number of aromatic nitrogens is 1. The van der Waals surface area contributed by atoms with Crippen molar-refractivity contribution in [3.05, 3.63) is 40.8 Å². The summed E-state index contributed by atoms with van der Waals surface area (Å²) in [6, 6.07) is 7.27. The van der Waals surface area contributed by atoms with Crippen LogP contribution >= 0.6 is 36.2 Å². The molecular formula is C16H21Cl2N3O3S. The maximum absolute atomic E-state index is 12.4. The van der Waals surface area contributed by atoms with Crippen LogP contribution in [-0.4, -0.2) is 29.6 Å². The minimum Gasteiger partial charge on any atom is -0.487 e. The first-order valence-corrected chi connectivity index (χ1v) is 8.38. The molecule has 138 valence electrons. The van der Waals surface area contributed by atoms with Crippen LogP contribution < -0.4 is 15.8 Å². The van der Waals surface area contributed by atoms with Gasteiger partial charge in [0.05, 0.1) is 11.2 Å². The number of nitrogens with zero attached hydrogens (tertiary/aromatic N) is 1. The molecule has 0 atom stereocenters. The van der Waals surface area contributed by atoms with Crippen molar-refractivity contribution < 1.29 is 14.3 Å². The number of nitrogens with one attached hydrogen (secondary N) is 1. The Labute approximate surface area is 162 Å². The second-order valence-corrected chi connectivity index (χ2v) is 6.24. The standard InChI is InChI=1S/C16H19N3O3S.2ClH/c17-16(4-6-21-7-5-16)15(20)19-12-2-1-3-14(8-12)22-9-13-10-23-11-18-13;;/h1-3,8,10-11H,4-7,9,17H2,(H,19,20);2*1H. The van der Waals surface area contributed by atoms with Crippen LogP contribution in [0.25, 0.3) is 0 Å². The highest BCUT2D eigenvalue weighted by Gasteiger charge is 2.35. The third-order valence-corrected chi connectivity index (χ3v) is 4.43. The molecule has 0 saturated carbocycles. The van der Waals surface area contributed by atoms with Gasteiger partial charge in [0.2, 0.25) is 5.91 Å². The average molecular weight is 406 g/mol. The number of thiazole rings is 1. The number of hydrogen-bond acceptors (Lipinski definition) is 6. The number of ether oxygens (including phenoxy) is 2. The van der Waals surface area contributed by atoms with Gasteiger partial charge in [-0.2, -0.15) is 0 Å². The molecule has 3 N–H and O–H groups in total. The summed E-state index contributed by atoms with van der Waals surface area (Å²) in [6.07, 6.45) is 1.05. The molecule has 2 heterocycles. The van der Waals surface area contributed by atoms with E-state index in [0.29, 0.717) is 44.1 Å². The van der Waals surface area contributed by atoms with Gasteiger partial charge in [0, 0.05) is 30.3 Å². The van der Waals surface area contributed by atoms with Gasteiger partial charge in [-0.25, -0.2) is 4.98 Å². The maximum atomic E-state index is 12.4. The van der Waals surface area contributed by atoms with E-state index in [0.717, 1.165) is 5.69 Å². The zero-order valence-corrected chi connectivity index (χ0v) is 15.9. The molecule has 3 rings (SSSR count). The third kappa shape index (κ3) is 5.83. The Morgan fingerprint density at radius 1 is 1.36 bits per heavy atom. The average Bonchev–Trinajstić information content (AvgIpc) is 3.07. The second-order valence-electron chi connectivity index (χ2n) is 5.52. The van der Waals surface area contributed by atoms with Gasteiger partial charge in [0.15, 0.2) is 0 Å². The molecule has 1 amide bonds. The van der Waals surface area contributed by atoms with E-state index < -0.39 is 5.54 Å². The zero-order chi connectivity index (χ0) is 16.1. The topological polar surface area (TPSA) is 86.5 Å². The summed E-state index contributed by atoms with van der Waals surface area (Å²) in [4.78, 5) is 16.6. The van der Waals surface area contributed by atoms with Crippen LogP contribution in [0.1, 0.15) is 18.5 Å². The van der Waals surface area contributed by atoms with Crippen LogP contribution in [0.5, 0.6) is 5.75 Å². The molecule has 1 aliphatic heterocycles. The predicted octanol–water partition coefficient (Wildman–Crippen LogP) is 3.01. The van der Waals surface area contributed by atoms with Gasteiger partial charge in [-0.1, -0.05) is 6.07 Å². The minimum absolute atomic E-state index is 0. The monoisotopic (exact) mass is 405 g/mol. The van der Waals surface area contributed by atoms with Gasteiger partial charge >= 0.3 is 0 Å². The summed E-state index contributed by atoms with van der Waals surface area (Å²) in [6.45, 7) is 1.43. The number of rotatable bonds is 5. The van der Waals surface area contributed by atoms with Gasteiger partial charge in [-0.05, 0) is 25.0 Å². The molecule has 1 saturated heterocycles. The lowest BCUT2D eigenvalue weighted by Gasteiger charge is -2.31. The lowest BCUT2D eigenvalue weighted by atomic mass is 9.90. The van der Waals surface area contributed by atoms with Crippen molar-refractivity contribution >= 4 is 47.7 Å². The molecule has 6 nitrogen and oxygen atoms in total. The quantitative estimate of drug-likeness (QED) is 0.797. The van der Waals surface area contributed by atoms with E-state index in [1.165, 1.54) is 11.3 Å². The highest BCUT2D eigenvalue weighted by molar-refractivity contribution is 7.07. The molecule has 25 heavy (non-hydrogen) atoms. The number of halogens is 2. The van der Waals surface area contributed by atoms with Crippen molar-refractivity contribution in [3.63, 3.8) is 0 Å². The Morgan fingerprint density at radius 3 is 2.80 bits per heavy atom. The number of carbonyl (C=O) groups excluding carboxylic acids is 1. The first-order valence-electron chi connectivity index (χ1n) is 7.44. The molecule has 1 fully saturated rings. The van der Waals surface area contributed by atoms with Crippen LogP contribution in [0.2, 0.25) is 0 Å². The van der Waals surface area contributed by atoms with E-state index in [1.54, 1.807) is 11.6 Å². The second kappa shape index (κ2) is 9.94. The van der Waals surface area contributed by atoms with Crippen molar-refractivity contribution in [3.8, 4) is 5.75 Å². The summed E-state index contributed by atoms with van der Waals surface area (Å²) in [7, 11) is 0. The van der Waals surface area contributed by atoms with Gasteiger partial charge in [0.1, 0.15) is 17.9 Å². The third-order valence-electron chi connectivity index (χ3n) is 3.80. The number of carbonyl (C=O) groups is 1. The van der Waals surface area contributed by atoms with Crippen molar-refractivity contribution in [1.29, 1.82) is 0 Å². The molecule has 1 aromatic heterocycles. The largest absolute Gasteiger partial charge is 0.487 e. The lowest BCUT2D eigenvalue weighted by molar-refractivity contribution is -0.124. The zero-order valence-electron chi connectivity index (χ0n) is 13.5. The van der Waals surface area contributed by atoms with E-state index >= 15 is 0 Å². The van der Waals surface area contributed by atoms with Crippen LogP contribution in [-0.2, 0) is 16.1 Å². The summed E-state index contributed by atoms with van der Waals surface area (Å²) in [5, 5.41) is 4.81. The van der Waals surface area contributed by atoms with Crippen molar-refractivity contribution in [1.82, 2.24) is 4.98 Å². The molecule has 1 aromatic carbocycles. The summed E-state index contributed by atoms with van der Waals surface area (Å²) in [5.74, 6) is 0.492. The number of benzene rings is 1. The fraction of sp³-hybridized carbons (Fsp3) is 0.375. The van der Waals surface area contributed by atoms with E-state index in [2.05, 4.69) is 10.3 Å². The summed E-state index contributed by atoms with van der Waals surface area (Å²) in [5.41, 5.74) is 8.63. The number of amides is 1. The van der Waals surface area contributed by atoms with Crippen molar-refractivity contribution in [2.75, 3.05) is 18.5 Å². The number of hydrogen-bond donors (Lipinski definition) is 2. The van der Waals surface area contributed by atoms with E-state index in [9.17, 15) is 4.79 Å². The molecule has 1 aliphatic rings. The van der Waals surface area contributed by atoms with Crippen LogP contribution in [0.15, 0.2) is 35.2 Å². The maximum Gasteiger partial charge on any atom is 0.244 e. The minimum atomic E-state index is -0.865. The molecule has 2 aromatic rings. The fourth-order valence-corrected chi connectivity index (χ4v) is 2.89. The highest BCUT2D eigenvalue weighted by Crippen LogP contribution is 2.23. The summed E-state index contributed by atoms with van der Waals surface area (Å²) >= 11 is 1.53. The van der Waals surface area contributed by atoms with Crippen LogP contribution in [0.4, 0.5) is 5.69 Å². The Balaban J connectivity index is 0.00000156. The lowest BCUT2D eigenvalue weighted by Crippen LogP contribution is -2.54. The summed E-state index contributed by atoms with van der Waals surface area (Å²) < 4.78 is 11.0. The molecule has 0 aliphatic carbocycles. The van der Waals surface area contributed by atoms with Gasteiger partial charge in [-0.3, -0.25) is 4.79 Å². The molecule has 0 spiro atoms. The van der Waals surface area contributed by atoms with Crippen molar-refractivity contribution in [2.24, 2.45) is 5.73 Å². The molecule has 9 heteroatoms. The number of nitrogens with two attached hydrogens (primary N) is 1. The Morgan fingerprint density at radius 2 is 2.12 bits per heavy atom. The molecular weight excluding hydrogens is 385 g/mol.